The fraction of sp³-hybridized carbons (Fsp3) is 0.562. The Morgan fingerprint density at radius 1 is 1.14 bits per heavy atom. The van der Waals surface area contributed by atoms with Crippen LogP contribution in [0.25, 0.3) is 0 Å². The van der Waals surface area contributed by atoms with Crippen molar-refractivity contribution < 1.29 is 13.6 Å². The summed E-state index contributed by atoms with van der Waals surface area (Å²) in [6.07, 6.45) is 0. The van der Waals surface area contributed by atoms with Gasteiger partial charge in [0.15, 0.2) is 0 Å². The third kappa shape index (κ3) is 5.08. The van der Waals surface area contributed by atoms with Gasteiger partial charge in [0.2, 0.25) is 5.91 Å². The van der Waals surface area contributed by atoms with Crippen molar-refractivity contribution in [1.29, 1.82) is 0 Å². The Bertz CT molecular complexity index is 503. The number of hydrogen-bond donors (Lipinski definition) is 2. The third-order valence-corrected chi connectivity index (χ3v) is 3.32. The summed E-state index contributed by atoms with van der Waals surface area (Å²) < 4.78 is 27.4. The minimum absolute atomic E-state index is 0.149. The summed E-state index contributed by atoms with van der Waals surface area (Å²) in [6.45, 7) is 9.53. The van der Waals surface area contributed by atoms with E-state index in [9.17, 15) is 13.6 Å². The zero-order valence-corrected chi connectivity index (χ0v) is 13.3. The van der Waals surface area contributed by atoms with Crippen molar-refractivity contribution in [3.8, 4) is 0 Å². The molecular formula is C16H24F2N2O. The number of carbonyl (C=O) groups is 1. The lowest BCUT2D eigenvalue weighted by molar-refractivity contribution is -0.123. The van der Waals surface area contributed by atoms with Gasteiger partial charge in [-0.05, 0) is 44.4 Å². The van der Waals surface area contributed by atoms with E-state index >= 15 is 0 Å². The quantitative estimate of drug-likeness (QED) is 0.847. The molecule has 2 unspecified atom stereocenters. The molecule has 0 aromatic heterocycles. The first-order valence-corrected chi connectivity index (χ1v) is 7.21. The highest BCUT2D eigenvalue weighted by Gasteiger charge is 2.19. The molecule has 2 atom stereocenters. The molecule has 1 aromatic carbocycles. The number of nitrogens with one attached hydrogen (secondary N) is 2. The highest BCUT2D eigenvalue weighted by Crippen LogP contribution is 2.21. The Kier molecular flexibility index (Phi) is 6.27. The van der Waals surface area contributed by atoms with Crippen LogP contribution in [0, 0.1) is 24.5 Å². The maximum absolute atomic E-state index is 13.9. The van der Waals surface area contributed by atoms with E-state index in [0.29, 0.717) is 12.5 Å². The van der Waals surface area contributed by atoms with Gasteiger partial charge in [-0.25, -0.2) is 8.78 Å². The van der Waals surface area contributed by atoms with E-state index in [1.807, 2.05) is 13.8 Å². The number of halogens is 2. The average Bonchev–Trinajstić information content (AvgIpc) is 2.39. The Labute approximate surface area is 125 Å². The van der Waals surface area contributed by atoms with Crippen molar-refractivity contribution in [2.45, 2.75) is 46.7 Å². The van der Waals surface area contributed by atoms with E-state index in [0.717, 1.165) is 0 Å². The summed E-state index contributed by atoms with van der Waals surface area (Å²) in [5.74, 6) is -0.702. The third-order valence-electron chi connectivity index (χ3n) is 3.32. The van der Waals surface area contributed by atoms with E-state index in [-0.39, 0.29) is 17.0 Å². The lowest BCUT2D eigenvalue weighted by Crippen LogP contribution is -2.44. The smallest absolute Gasteiger partial charge is 0.236 e. The first-order chi connectivity index (χ1) is 9.72. The molecule has 3 nitrogen and oxygen atoms in total. The molecule has 0 aliphatic heterocycles. The number of benzene rings is 1. The SMILES string of the molecule is Cc1cc(F)c(C(C)NC(C)C(=O)NCC(C)C)cc1F. The van der Waals surface area contributed by atoms with E-state index < -0.39 is 23.7 Å². The van der Waals surface area contributed by atoms with Gasteiger partial charge in [-0.2, -0.15) is 0 Å². The summed E-state index contributed by atoms with van der Waals surface area (Å²) in [6, 6.07) is 1.41. The predicted octanol–water partition coefficient (Wildman–Crippen LogP) is 3.08. The second-order valence-electron chi connectivity index (χ2n) is 5.87. The van der Waals surface area contributed by atoms with Crippen LogP contribution in [-0.4, -0.2) is 18.5 Å². The lowest BCUT2D eigenvalue weighted by Gasteiger charge is -2.21. The average molecular weight is 298 g/mol. The normalized spacial score (nSPS) is 14.1. The molecule has 21 heavy (non-hydrogen) atoms. The van der Waals surface area contributed by atoms with Crippen molar-refractivity contribution in [3.63, 3.8) is 0 Å². The minimum Gasteiger partial charge on any atom is -0.354 e. The summed E-state index contributed by atoms with van der Waals surface area (Å²) in [7, 11) is 0. The van der Waals surface area contributed by atoms with Crippen molar-refractivity contribution in [1.82, 2.24) is 10.6 Å². The van der Waals surface area contributed by atoms with Crippen molar-refractivity contribution in [3.05, 3.63) is 34.9 Å². The van der Waals surface area contributed by atoms with Crippen LogP contribution in [0.2, 0.25) is 0 Å². The molecule has 0 aliphatic rings. The Morgan fingerprint density at radius 3 is 2.33 bits per heavy atom. The predicted molar refractivity (Wildman–Crippen MR) is 80.0 cm³/mol. The highest BCUT2D eigenvalue weighted by molar-refractivity contribution is 5.81. The minimum atomic E-state index is -0.484. The first-order valence-electron chi connectivity index (χ1n) is 7.21. The number of carbonyl (C=O) groups excluding carboxylic acids is 1. The number of rotatable bonds is 6. The second-order valence-corrected chi connectivity index (χ2v) is 5.87. The summed E-state index contributed by atoms with van der Waals surface area (Å²) in [5, 5.41) is 5.79. The van der Waals surface area contributed by atoms with Crippen LogP contribution in [0.4, 0.5) is 8.78 Å². The molecule has 5 heteroatoms. The second kappa shape index (κ2) is 7.50. The van der Waals surface area contributed by atoms with Crippen LogP contribution in [0.1, 0.15) is 44.9 Å². The number of amides is 1. The molecule has 0 saturated carbocycles. The Morgan fingerprint density at radius 2 is 1.76 bits per heavy atom. The molecule has 1 rings (SSSR count). The van der Waals surface area contributed by atoms with E-state index in [4.69, 9.17) is 0 Å². The summed E-state index contributed by atoms with van der Waals surface area (Å²) in [4.78, 5) is 11.9. The molecule has 1 aromatic rings. The van der Waals surface area contributed by atoms with Gasteiger partial charge < -0.3 is 5.32 Å². The van der Waals surface area contributed by atoms with Crippen LogP contribution in [0.15, 0.2) is 12.1 Å². The van der Waals surface area contributed by atoms with Gasteiger partial charge in [0.1, 0.15) is 11.6 Å². The fourth-order valence-electron chi connectivity index (χ4n) is 1.99. The van der Waals surface area contributed by atoms with Crippen LogP contribution in [0.3, 0.4) is 0 Å². The maximum Gasteiger partial charge on any atom is 0.236 e. The van der Waals surface area contributed by atoms with Crippen LogP contribution in [0.5, 0.6) is 0 Å². The molecule has 0 spiro atoms. The van der Waals surface area contributed by atoms with Crippen molar-refractivity contribution in [2.24, 2.45) is 5.92 Å². The van der Waals surface area contributed by atoms with Crippen molar-refractivity contribution >= 4 is 5.91 Å². The van der Waals surface area contributed by atoms with Crippen LogP contribution in [-0.2, 0) is 4.79 Å². The standard InChI is InChI=1S/C16H24F2N2O/c1-9(2)8-19-16(21)12(5)20-11(4)13-7-14(17)10(3)6-15(13)18/h6-7,9,11-12,20H,8H2,1-5H3,(H,19,21). The molecule has 0 aliphatic carbocycles. The Hall–Kier alpha value is -1.49. The number of aryl methyl sites for hydroxylation is 1. The molecule has 1 amide bonds. The molecule has 118 valence electrons. The molecule has 0 saturated heterocycles. The zero-order chi connectivity index (χ0) is 16.2. The van der Waals surface area contributed by atoms with Gasteiger partial charge in [-0.1, -0.05) is 13.8 Å². The largest absolute Gasteiger partial charge is 0.354 e. The first kappa shape index (κ1) is 17.6. The maximum atomic E-state index is 13.9. The van der Waals surface area contributed by atoms with E-state index in [1.165, 1.54) is 19.1 Å². The lowest BCUT2D eigenvalue weighted by atomic mass is 10.0. The Balaban J connectivity index is 2.70. The molecule has 0 bridgehead atoms. The van der Waals surface area contributed by atoms with Gasteiger partial charge in [0, 0.05) is 18.2 Å². The van der Waals surface area contributed by atoms with Gasteiger partial charge in [-0.3, -0.25) is 10.1 Å². The van der Waals surface area contributed by atoms with Crippen LogP contribution < -0.4 is 10.6 Å². The summed E-state index contributed by atoms with van der Waals surface area (Å²) >= 11 is 0. The summed E-state index contributed by atoms with van der Waals surface area (Å²) in [5.41, 5.74) is 0.493. The molecule has 0 heterocycles. The van der Waals surface area contributed by atoms with Gasteiger partial charge in [0.05, 0.1) is 6.04 Å². The van der Waals surface area contributed by atoms with Crippen molar-refractivity contribution in [2.75, 3.05) is 6.54 Å². The fourth-order valence-corrected chi connectivity index (χ4v) is 1.99. The highest BCUT2D eigenvalue weighted by atomic mass is 19.1. The van der Waals surface area contributed by atoms with Gasteiger partial charge >= 0.3 is 0 Å². The monoisotopic (exact) mass is 298 g/mol. The van der Waals surface area contributed by atoms with Crippen LogP contribution >= 0.6 is 0 Å². The molecule has 0 radical (unpaired) electrons. The molecule has 2 N–H and O–H groups in total. The van der Waals surface area contributed by atoms with Gasteiger partial charge in [0.25, 0.3) is 0 Å². The van der Waals surface area contributed by atoms with E-state index in [2.05, 4.69) is 10.6 Å². The zero-order valence-electron chi connectivity index (χ0n) is 13.3. The van der Waals surface area contributed by atoms with Gasteiger partial charge in [-0.15, -0.1) is 0 Å². The topological polar surface area (TPSA) is 41.1 Å². The number of hydrogen-bond acceptors (Lipinski definition) is 2. The van der Waals surface area contributed by atoms with E-state index in [1.54, 1.807) is 13.8 Å². The molecular weight excluding hydrogens is 274 g/mol. The molecule has 0 fully saturated rings.